The van der Waals surface area contributed by atoms with Crippen molar-refractivity contribution < 1.29 is 8.42 Å². The summed E-state index contributed by atoms with van der Waals surface area (Å²) in [6.45, 7) is 0. The number of nitrogen functional groups attached to an aromatic ring is 1. The van der Waals surface area contributed by atoms with Crippen molar-refractivity contribution in [3.8, 4) is 0 Å². The van der Waals surface area contributed by atoms with Gasteiger partial charge in [-0.3, -0.25) is 0 Å². The monoisotopic (exact) mass is 325 g/mol. The van der Waals surface area contributed by atoms with Gasteiger partial charge in [-0.1, -0.05) is 0 Å². The van der Waals surface area contributed by atoms with Gasteiger partial charge in [-0.25, -0.2) is 8.42 Å². The summed E-state index contributed by atoms with van der Waals surface area (Å²) in [6.07, 6.45) is 5.64. The van der Waals surface area contributed by atoms with E-state index in [1.165, 1.54) is 30.8 Å². The fourth-order valence-corrected chi connectivity index (χ4v) is 7.80. The number of anilines is 2. The molecular formula is C14H19N3O2S2. The highest BCUT2D eigenvalue weighted by Crippen LogP contribution is 2.66. The van der Waals surface area contributed by atoms with Crippen LogP contribution in [0.3, 0.4) is 0 Å². The van der Waals surface area contributed by atoms with Gasteiger partial charge in [0.1, 0.15) is 9.90 Å². The first kappa shape index (κ1) is 12.7. The molecule has 7 heteroatoms. The predicted octanol–water partition coefficient (Wildman–Crippen LogP) is 2.12. The smallest absolute Gasteiger partial charge is 0.187 e. The molecule has 4 saturated carbocycles. The Labute approximate surface area is 128 Å². The molecule has 4 atom stereocenters. The molecule has 0 aromatic carbocycles. The zero-order valence-corrected chi connectivity index (χ0v) is 13.3. The van der Waals surface area contributed by atoms with Crippen LogP contribution < -0.4 is 11.1 Å². The summed E-state index contributed by atoms with van der Waals surface area (Å²) in [4.78, 5) is 0.285. The molecule has 4 fully saturated rings. The first-order chi connectivity index (χ1) is 10.1. The summed E-state index contributed by atoms with van der Waals surface area (Å²) >= 11 is 1.21. The maximum Gasteiger partial charge on any atom is 0.187 e. The Morgan fingerprint density at radius 1 is 1.14 bits per heavy atom. The zero-order valence-electron chi connectivity index (χ0n) is 11.7. The highest BCUT2D eigenvalue weighted by molar-refractivity contribution is 7.92. The van der Waals surface area contributed by atoms with Crippen molar-refractivity contribution in [2.75, 3.05) is 11.1 Å². The van der Waals surface area contributed by atoms with E-state index in [0.29, 0.717) is 11.0 Å². The number of sulfone groups is 1. The molecule has 1 aromatic heterocycles. The molecule has 5 nitrogen and oxygen atoms in total. The molecule has 3 N–H and O–H groups in total. The second-order valence-electron chi connectivity index (χ2n) is 7.13. The molecule has 21 heavy (non-hydrogen) atoms. The first-order valence-electron chi connectivity index (χ1n) is 7.83. The SMILES string of the molecule is Nc1nsc(NC2C3C4CCC(C4)C23)c1S(=O)(=O)C1CC1. The van der Waals surface area contributed by atoms with Crippen LogP contribution in [0.5, 0.6) is 0 Å². The van der Waals surface area contributed by atoms with Crippen molar-refractivity contribution in [2.45, 2.75) is 48.3 Å². The molecule has 0 spiro atoms. The van der Waals surface area contributed by atoms with Crippen molar-refractivity contribution in [3.05, 3.63) is 0 Å². The number of nitrogens with one attached hydrogen (secondary N) is 1. The molecular weight excluding hydrogens is 306 g/mol. The quantitative estimate of drug-likeness (QED) is 0.885. The molecule has 5 rings (SSSR count). The van der Waals surface area contributed by atoms with Gasteiger partial charge in [-0.2, -0.15) is 4.37 Å². The van der Waals surface area contributed by atoms with Crippen LogP contribution in [-0.2, 0) is 9.84 Å². The van der Waals surface area contributed by atoms with Crippen LogP contribution in [0.2, 0.25) is 0 Å². The largest absolute Gasteiger partial charge is 0.382 e. The Hall–Kier alpha value is -0.820. The maximum atomic E-state index is 12.5. The van der Waals surface area contributed by atoms with Gasteiger partial charge in [0, 0.05) is 6.04 Å². The van der Waals surface area contributed by atoms with E-state index >= 15 is 0 Å². The van der Waals surface area contributed by atoms with Crippen LogP contribution >= 0.6 is 11.5 Å². The second kappa shape index (κ2) is 3.93. The number of nitrogens with zero attached hydrogens (tertiary/aromatic N) is 1. The highest BCUT2D eigenvalue weighted by atomic mass is 32.2. The van der Waals surface area contributed by atoms with Crippen LogP contribution in [0, 0.1) is 23.7 Å². The Bertz CT molecular complexity index is 694. The summed E-state index contributed by atoms with van der Waals surface area (Å²) in [5.41, 5.74) is 5.85. The van der Waals surface area contributed by atoms with E-state index < -0.39 is 9.84 Å². The lowest BCUT2D eigenvalue weighted by Crippen LogP contribution is -2.16. The number of aromatic nitrogens is 1. The topological polar surface area (TPSA) is 85.1 Å². The number of hydrogen-bond acceptors (Lipinski definition) is 6. The number of hydrogen-bond donors (Lipinski definition) is 2. The Kier molecular flexibility index (Phi) is 2.37. The molecule has 0 amide bonds. The summed E-state index contributed by atoms with van der Waals surface area (Å²) < 4.78 is 29.2. The fourth-order valence-electron chi connectivity index (χ4n) is 4.88. The third kappa shape index (κ3) is 1.67. The molecule has 4 unspecified atom stereocenters. The van der Waals surface area contributed by atoms with Crippen molar-refractivity contribution in [1.29, 1.82) is 0 Å². The number of nitrogens with two attached hydrogens (primary N) is 1. The van der Waals surface area contributed by atoms with Gasteiger partial charge < -0.3 is 11.1 Å². The van der Waals surface area contributed by atoms with E-state index in [-0.39, 0.29) is 16.0 Å². The average molecular weight is 325 g/mol. The minimum absolute atomic E-state index is 0.184. The molecule has 4 aliphatic rings. The minimum Gasteiger partial charge on any atom is -0.382 e. The molecule has 0 saturated heterocycles. The van der Waals surface area contributed by atoms with Gasteiger partial charge in [0.25, 0.3) is 0 Å². The molecule has 4 aliphatic carbocycles. The second-order valence-corrected chi connectivity index (χ2v) is 10.1. The van der Waals surface area contributed by atoms with E-state index in [4.69, 9.17) is 5.73 Å². The summed E-state index contributed by atoms with van der Waals surface area (Å²) in [6, 6.07) is 0.462. The van der Waals surface area contributed by atoms with Crippen LogP contribution in [0.1, 0.15) is 32.1 Å². The Morgan fingerprint density at radius 2 is 1.81 bits per heavy atom. The minimum atomic E-state index is -3.28. The van der Waals surface area contributed by atoms with E-state index in [9.17, 15) is 8.42 Å². The van der Waals surface area contributed by atoms with Gasteiger partial charge in [-0.05, 0) is 67.3 Å². The van der Waals surface area contributed by atoms with Crippen molar-refractivity contribution in [2.24, 2.45) is 23.7 Å². The summed E-state index contributed by atoms with van der Waals surface area (Å²) in [7, 11) is -3.28. The van der Waals surface area contributed by atoms with E-state index in [0.717, 1.165) is 36.5 Å². The molecule has 1 aromatic rings. The highest BCUT2D eigenvalue weighted by Gasteiger charge is 2.65. The average Bonchev–Trinajstić information content (AvgIpc) is 3.30. The summed E-state index contributed by atoms with van der Waals surface area (Å²) in [5, 5.41) is 3.96. The standard InChI is InChI=1S/C14H19N3O2S2/c15-13-12(21(18,19)8-3-4-8)14(20-17-13)16-11-9-6-1-2-7(5-6)10(9)11/h6-11,16H,1-5H2,(H2,15,17). The van der Waals surface area contributed by atoms with Crippen LogP contribution in [-0.4, -0.2) is 24.1 Å². The lowest BCUT2D eigenvalue weighted by atomic mass is 10.0. The van der Waals surface area contributed by atoms with Crippen molar-refractivity contribution >= 4 is 32.2 Å². The molecule has 0 aliphatic heterocycles. The third-order valence-electron chi connectivity index (χ3n) is 5.95. The van der Waals surface area contributed by atoms with Gasteiger partial charge >= 0.3 is 0 Å². The van der Waals surface area contributed by atoms with Gasteiger partial charge in [-0.15, -0.1) is 0 Å². The van der Waals surface area contributed by atoms with Gasteiger partial charge in [0.15, 0.2) is 15.7 Å². The van der Waals surface area contributed by atoms with Crippen LogP contribution in [0.15, 0.2) is 4.90 Å². The lowest BCUT2D eigenvalue weighted by molar-refractivity contribution is 0.456. The van der Waals surface area contributed by atoms with Crippen molar-refractivity contribution in [3.63, 3.8) is 0 Å². The van der Waals surface area contributed by atoms with Crippen LogP contribution in [0.4, 0.5) is 10.8 Å². The Balaban J connectivity index is 1.44. The van der Waals surface area contributed by atoms with E-state index in [1.807, 2.05) is 0 Å². The molecule has 1 heterocycles. The summed E-state index contributed by atoms with van der Waals surface area (Å²) in [5.74, 6) is 3.45. The normalized spacial score (nSPS) is 40.3. The van der Waals surface area contributed by atoms with E-state index in [2.05, 4.69) is 9.69 Å². The van der Waals surface area contributed by atoms with Crippen molar-refractivity contribution in [1.82, 2.24) is 4.37 Å². The Morgan fingerprint density at radius 3 is 2.43 bits per heavy atom. The fraction of sp³-hybridized carbons (Fsp3) is 0.786. The molecule has 114 valence electrons. The van der Waals surface area contributed by atoms with E-state index in [1.54, 1.807) is 0 Å². The van der Waals surface area contributed by atoms with Gasteiger partial charge in [0.05, 0.1) is 5.25 Å². The zero-order chi connectivity index (χ0) is 14.4. The number of fused-ring (bicyclic) bond motifs is 5. The van der Waals surface area contributed by atoms with Gasteiger partial charge in [0.2, 0.25) is 0 Å². The maximum absolute atomic E-state index is 12.5. The van der Waals surface area contributed by atoms with Crippen LogP contribution in [0.25, 0.3) is 0 Å². The number of rotatable bonds is 4. The molecule has 2 bridgehead atoms. The lowest BCUT2D eigenvalue weighted by Gasteiger charge is -2.11. The molecule has 0 radical (unpaired) electrons. The third-order valence-corrected chi connectivity index (χ3v) is 9.21. The first-order valence-corrected chi connectivity index (χ1v) is 10.1. The predicted molar refractivity (Wildman–Crippen MR) is 82.0 cm³/mol.